The van der Waals surface area contributed by atoms with Gasteiger partial charge in [-0.05, 0) is 18.3 Å². The van der Waals surface area contributed by atoms with Gasteiger partial charge in [-0.15, -0.1) is 0 Å². The first-order chi connectivity index (χ1) is 7.97. The highest BCUT2D eigenvalue weighted by Gasteiger charge is 2.39. The fraction of sp³-hybridized carbons (Fsp3) is 0.929. The SMILES string of the molecule is CCCCC1NC(C(C)C)N(CC(C)C)C1=O. The Kier molecular flexibility index (Phi) is 5.44. The van der Waals surface area contributed by atoms with Crippen LogP contribution in [0, 0.1) is 11.8 Å². The van der Waals surface area contributed by atoms with E-state index in [1.54, 1.807) is 0 Å². The lowest BCUT2D eigenvalue weighted by Crippen LogP contribution is -2.43. The number of nitrogens with zero attached hydrogens (tertiary/aromatic N) is 1. The Hall–Kier alpha value is -0.570. The number of carbonyl (C=O) groups excluding carboxylic acids is 1. The molecule has 1 heterocycles. The number of nitrogens with one attached hydrogen (secondary N) is 1. The molecule has 1 amide bonds. The van der Waals surface area contributed by atoms with Gasteiger partial charge in [0.05, 0.1) is 12.2 Å². The Balaban J connectivity index is 2.67. The van der Waals surface area contributed by atoms with Crippen molar-refractivity contribution in [1.82, 2.24) is 10.2 Å². The summed E-state index contributed by atoms with van der Waals surface area (Å²) in [5.74, 6) is 1.32. The van der Waals surface area contributed by atoms with E-state index in [0.717, 1.165) is 25.8 Å². The van der Waals surface area contributed by atoms with Crippen molar-refractivity contribution in [2.45, 2.75) is 66.1 Å². The molecule has 0 saturated carbocycles. The summed E-state index contributed by atoms with van der Waals surface area (Å²) in [5, 5.41) is 3.51. The zero-order chi connectivity index (χ0) is 13.0. The van der Waals surface area contributed by atoms with Crippen LogP contribution in [-0.2, 0) is 4.79 Å². The summed E-state index contributed by atoms with van der Waals surface area (Å²) < 4.78 is 0. The second-order valence-corrected chi connectivity index (χ2v) is 5.93. The molecule has 1 saturated heterocycles. The fourth-order valence-corrected chi connectivity index (χ4v) is 2.47. The number of amides is 1. The number of carbonyl (C=O) groups is 1. The third kappa shape index (κ3) is 3.70. The number of unbranched alkanes of at least 4 members (excludes halogenated alkanes) is 1. The lowest BCUT2D eigenvalue weighted by atomic mass is 10.1. The van der Waals surface area contributed by atoms with Crippen LogP contribution in [0.15, 0.2) is 0 Å². The van der Waals surface area contributed by atoms with E-state index in [0.29, 0.717) is 17.7 Å². The molecular weight excluding hydrogens is 212 g/mol. The van der Waals surface area contributed by atoms with E-state index in [9.17, 15) is 4.79 Å². The topological polar surface area (TPSA) is 32.3 Å². The van der Waals surface area contributed by atoms with Crippen molar-refractivity contribution in [2.24, 2.45) is 11.8 Å². The van der Waals surface area contributed by atoms with Crippen LogP contribution in [0.4, 0.5) is 0 Å². The summed E-state index contributed by atoms with van der Waals surface area (Å²) in [6.45, 7) is 11.7. The van der Waals surface area contributed by atoms with Crippen molar-refractivity contribution < 1.29 is 4.79 Å². The van der Waals surface area contributed by atoms with E-state index in [-0.39, 0.29) is 12.2 Å². The zero-order valence-corrected chi connectivity index (χ0v) is 12.0. The summed E-state index contributed by atoms with van der Waals surface area (Å²) in [4.78, 5) is 14.4. The van der Waals surface area contributed by atoms with E-state index in [2.05, 4.69) is 44.8 Å². The molecule has 3 heteroatoms. The van der Waals surface area contributed by atoms with Crippen LogP contribution >= 0.6 is 0 Å². The lowest BCUT2D eigenvalue weighted by molar-refractivity contribution is -0.131. The van der Waals surface area contributed by atoms with Crippen molar-refractivity contribution in [3.63, 3.8) is 0 Å². The maximum atomic E-state index is 12.3. The quantitative estimate of drug-likeness (QED) is 0.774. The highest BCUT2D eigenvalue weighted by molar-refractivity contribution is 5.84. The van der Waals surface area contributed by atoms with Crippen molar-refractivity contribution in [3.8, 4) is 0 Å². The monoisotopic (exact) mass is 240 g/mol. The smallest absolute Gasteiger partial charge is 0.241 e. The van der Waals surface area contributed by atoms with Crippen LogP contribution in [0.1, 0.15) is 53.9 Å². The predicted octanol–water partition coefficient (Wildman–Crippen LogP) is 2.62. The van der Waals surface area contributed by atoms with Crippen LogP contribution in [0.25, 0.3) is 0 Å². The Bertz CT molecular complexity index is 251. The van der Waals surface area contributed by atoms with Gasteiger partial charge in [-0.2, -0.15) is 0 Å². The average molecular weight is 240 g/mol. The summed E-state index contributed by atoms with van der Waals surface area (Å²) in [6.07, 6.45) is 3.49. The molecule has 100 valence electrons. The Labute approximate surface area is 106 Å². The number of hydrogen-bond acceptors (Lipinski definition) is 2. The molecule has 0 radical (unpaired) electrons. The molecule has 3 nitrogen and oxygen atoms in total. The van der Waals surface area contributed by atoms with Crippen molar-refractivity contribution in [3.05, 3.63) is 0 Å². The molecule has 0 aromatic carbocycles. The minimum Gasteiger partial charge on any atom is -0.325 e. The molecule has 1 aliphatic heterocycles. The van der Waals surface area contributed by atoms with Crippen LogP contribution in [0.2, 0.25) is 0 Å². The van der Waals surface area contributed by atoms with Crippen LogP contribution in [-0.4, -0.2) is 29.6 Å². The van der Waals surface area contributed by atoms with Gasteiger partial charge in [-0.25, -0.2) is 0 Å². The van der Waals surface area contributed by atoms with E-state index in [1.165, 1.54) is 0 Å². The number of hydrogen-bond donors (Lipinski definition) is 1. The molecule has 0 bridgehead atoms. The van der Waals surface area contributed by atoms with E-state index < -0.39 is 0 Å². The Morgan fingerprint density at radius 1 is 1.29 bits per heavy atom. The maximum absolute atomic E-state index is 12.3. The molecule has 2 atom stereocenters. The van der Waals surface area contributed by atoms with Gasteiger partial charge < -0.3 is 4.90 Å². The Morgan fingerprint density at radius 2 is 1.94 bits per heavy atom. The summed E-state index contributed by atoms with van der Waals surface area (Å²) in [6, 6.07) is 0.0566. The highest BCUT2D eigenvalue weighted by Crippen LogP contribution is 2.21. The molecular formula is C14H28N2O. The maximum Gasteiger partial charge on any atom is 0.241 e. The lowest BCUT2D eigenvalue weighted by Gasteiger charge is -2.28. The van der Waals surface area contributed by atoms with Gasteiger partial charge in [0.2, 0.25) is 5.91 Å². The fourth-order valence-electron chi connectivity index (χ4n) is 2.47. The predicted molar refractivity (Wildman–Crippen MR) is 71.6 cm³/mol. The summed E-state index contributed by atoms with van der Waals surface area (Å²) in [7, 11) is 0. The molecule has 1 rings (SSSR count). The molecule has 1 aliphatic rings. The third-order valence-electron chi connectivity index (χ3n) is 3.33. The summed E-state index contributed by atoms with van der Waals surface area (Å²) >= 11 is 0. The van der Waals surface area contributed by atoms with Crippen LogP contribution in [0.5, 0.6) is 0 Å². The second kappa shape index (κ2) is 6.39. The molecule has 0 aromatic heterocycles. The first-order valence-corrected chi connectivity index (χ1v) is 7.03. The van der Waals surface area contributed by atoms with E-state index >= 15 is 0 Å². The average Bonchev–Trinajstić information content (AvgIpc) is 2.53. The third-order valence-corrected chi connectivity index (χ3v) is 3.33. The van der Waals surface area contributed by atoms with Gasteiger partial charge in [-0.1, -0.05) is 47.5 Å². The van der Waals surface area contributed by atoms with Crippen LogP contribution in [0.3, 0.4) is 0 Å². The second-order valence-electron chi connectivity index (χ2n) is 5.93. The molecule has 1 N–H and O–H groups in total. The van der Waals surface area contributed by atoms with Crippen molar-refractivity contribution >= 4 is 5.91 Å². The standard InChI is InChI=1S/C14H28N2O/c1-6-7-8-12-14(17)16(9-10(2)3)13(15-12)11(4)5/h10-13,15H,6-9H2,1-5H3. The molecule has 17 heavy (non-hydrogen) atoms. The van der Waals surface area contributed by atoms with Gasteiger partial charge in [-0.3, -0.25) is 10.1 Å². The first kappa shape index (κ1) is 14.5. The van der Waals surface area contributed by atoms with Crippen molar-refractivity contribution in [1.29, 1.82) is 0 Å². The minimum absolute atomic E-state index is 0.0566. The number of rotatable bonds is 6. The Morgan fingerprint density at radius 3 is 2.41 bits per heavy atom. The van der Waals surface area contributed by atoms with Gasteiger partial charge in [0, 0.05) is 6.54 Å². The van der Waals surface area contributed by atoms with Crippen LogP contribution < -0.4 is 5.32 Å². The van der Waals surface area contributed by atoms with E-state index in [4.69, 9.17) is 0 Å². The highest BCUT2D eigenvalue weighted by atomic mass is 16.2. The van der Waals surface area contributed by atoms with Gasteiger partial charge >= 0.3 is 0 Å². The molecule has 0 aromatic rings. The minimum atomic E-state index is 0.0566. The summed E-state index contributed by atoms with van der Waals surface area (Å²) in [5.41, 5.74) is 0. The molecule has 1 fully saturated rings. The van der Waals surface area contributed by atoms with Gasteiger partial charge in [0.15, 0.2) is 0 Å². The molecule has 0 spiro atoms. The van der Waals surface area contributed by atoms with Crippen molar-refractivity contribution in [2.75, 3.05) is 6.54 Å². The molecule has 0 aliphatic carbocycles. The van der Waals surface area contributed by atoms with Gasteiger partial charge in [0.1, 0.15) is 0 Å². The largest absolute Gasteiger partial charge is 0.325 e. The first-order valence-electron chi connectivity index (χ1n) is 7.03. The zero-order valence-electron chi connectivity index (χ0n) is 12.0. The van der Waals surface area contributed by atoms with E-state index in [1.807, 2.05) is 0 Å². The normalized spacial score (nSPS) is 25.4. The molecule has 2 unspecified atom stereocenters. The van der Waals surface area contributed by atoms with Gasteiger partial charge in [0.25, 0.3) is 0 Å².